The quantitative estimate of drug-likeness (QED) is 0.779. The molecule has 20 heavy (non-hydrogen) atoms. The first-order chi connectivity index (χ1) is 9.74. The van der Waals surface area contributed by atoms with E-state index in [-0.39, 0.29) is 5.82 Å². The highest BCUT2D eigenvalue weighted by Gasteiger charge is 2.01. The molecule has 0 aromatic heterocycles. The molecule has 0 aliphatic carbocycles. The number of nitrogens with zero attached hydrogens (tertiary/aromatic N) is 1. The van der Waals surface area contributed by atoms with E-state index >= 15 is 0 Å². The molecular formula is C17H21FN2. The first kappa shape index (κ1) is 14.7. The Bertz CT molecular complexity index is 513. The Labute approximate surface area is 120 Å². The zero-order valence-electron chi connectivity index (χ0n) is 11.8. The van der Waals surface area contributed by atoms with Gasteiger partial charge in [-0.1, -0.05) is 42.5 Å². The summed E-state index contributed by atoms with van der Waals surface area (Å²) in [4.78, 5) is 2.19. The fourth-order valence-electron chi connectivity index (χ4n) is 2.12. The van der Waals surface area contributed by atoms with Crippen molar-refractivity contribution in [3.8, 4) is 0 Å². The molecule has 0 aliphatic heterocycles. The summed E-state index contributed by atoms with van der Waals surface area (Å²) in [5.41, 5.74) is 2.30. The van der Waals surface area contributed by atoms with Crippen LogP contribution in [0.4, 0.5) is 4.39 Å². The van der Waals surface area contributed by atoms with Gasteiger partial charge in [0.25, 0.3) is 0 Å². The number of hydrogen-bond acceptors (Lipinski definition) is 2. The third-order valence-corrected chi connectivity index (χ3v) is 3.18. The Balaban J connectivity index is 1.66. The smallest absolute Gasteiger partial charge is 0.123 e. The predicted molar refractivity (Wildman–Crippen MR) is 80.9 cm³/mol. The van der Waals surface area contributed by atoms with E-state index in [0.717, 1.165) is 31.7 Å². The molecule has 0 atom stereocenters. The molecule has 3 heteroatoms. The van der Waals surface area contributed by atoms with Crippen LogP contribution in [0.5, 0.6) is 0 Å². The van der Waals surface area contributed by atoms with Crippen LogP contribution in [0.15, 0.2) is 54.6 Å². The standard InChI is InChI=1S/C17H21FN2/c1-20(14-16-8-5-9-17(18)12-16)11-10-19-13-15-6-3-2-4-7-15/h2-9,12,19H,10-11,13-14H2,1H3. The van der Waals surface area contributed by atoms with Crippen molar-refractivity contribution in [2.75, 3.05) is 20.1 Å². The van der Waals surface area contributed by atoms with Gasteiger partial charge in [0.1, 0.15) is 5.82 Å². The zero-order valence-corrected chi connectivity index (χ0v) is 11.8. The summed E-state index contributed by atoms with van der Waals surface area (Å²) in [6, 6.07) is 17.1. The molecule has 0 spiro atoms. The largest absolute Gasteiger partial charge is 0.311 e. The monoisotopic (exact) mass is 272 g/mol. The Kier molecular flexibility index (Phi) is 5.71. The Morgan fingerprint density at radius 3 is 2.50 bits per heavy atom. The normalized spacial score (nSPS) is 10.9. The van der Waals surface area contributed by atoms with E-state index < -0.39 is 0 Å². The molecule has 1 N–H and O–H groups in total. The van der Waals surface area contributed by atoms with Gasteiger partial charge in [0.2, 0.25) is 0 Å². The van der Waals surface area contributed by atoms with Gasteiger partial charge < -0.3 is 10.2 Å². The fraction of sp³-hybridized carbons (Fsp3) is 0.294. The number of rotatable bonds is 7. The van der Waals surface area contributed by atoms with E-state index in [9.17, 15) is 4.39 Å². The van der Waals surface area contributed by atoms with Crippen LogP contribution < -0.4 is 5.32 Å². The second-order valence-corrected chi connectivity index (χ2v) is 5.03. The van der Waals surface area contributed by atoms with E-state index in [1.54, 1.807) is 12.1 Å². The molecule has 2 nitrogen and oxygen atoms in total. The maximum absolute atomic E-state index is 13.1. The van der Waals surface area contributed by atoms with Crippen molar-refractivity contribution in [2.45, 2.75) is 13.1 Å². The summed E-state index contributed by atoms with van der Waals surface area (Å²) in [6.45, 7) is 3.50. The van der Waals surface area contributed by atoms with Crippen LogP contribution in [0.25, 0.3) is 0 Å². The third-order valence-electron chi connectivity index (χ3n) is 3.18. The molecule has 106 valence electrons. The summed E-state index contributed by atoms with van der Waals surface area (Å²) in [5.74, 6) is -0.168. The topological polar surface area (TPSA) is 15.3 Å². The van der Waals surface area contributed by atoms with E-state index in [1.165, 1.54) is 11.6 Å². The number of halogens is 1. The van der Waals surface area contributed by atoms with E-state index in [1.807, 2.05) is 24.3 Å². The average molecular weight is 272 g/mol. The van der Waals surface area contributed by atoms with Crippen molar-refractivity contribution in [3.63, 3.8) is 0 Å². The second-order valence-electron chi connectivity index (χ2n) is 5.03. The summed E-state index contributed by atoms with van der Waals surface area (Å²) < 4.78 is 13.1. The van der Waals surface area contributed by atoms with Gasteiger partial charge >= 0.3 is 0 Å². The minimum atomic E-state index is -0.168. The maximum Gasteiger partial charge on any atom is 0.123 e. The average Bonchev–Trinajstić information content (AvgIpc) is 2.45. The fourth-order valence-corrected chi connectivity index (χ4v) is 2.12. The van der Waals surface area contributed by atoms with Gasteiger partial charge in [-0.2, -0.15) is 0 Å². The Morgan fingerprint density at radius 1 is 1.00 bits per heavy atom. The minimum Gasteiger partial charge on any atom is -0.311 e. The van der Waals surface area contributed by atoms with Crippen molar-refractivity contribution in [1.29, 1.82) is 0 Å². The van der Waals surface area contributed by atoms with E-state index in [4.69, 9.17) is 0 Å². The van der Waals surface area contributed by atoms with Gasteiger partial charge in [-0.15, -0.1) is 0 Å². The highest BCUT2D eigenvalue weighted by atomic mass is 19.1. The van der Waals surface area contributed by atoms with Gasteiger partial charge in [-0.05, 0) is 30.3 Å². The molecule has 2 rings (SSSR count). The minimum absolute atomic E-state index is 0.168. The number of hydrogen-bond donors (Lipinski definition) is 1. The van der Waals surface area contributed by atoms with Crippen LogP contribution >= 0.6 is 0 Å². The third kappa shape index (κ3) is 5.11. The van der Waals surface area contributed by atoms with Crippen molar-refractivity contribution in [2.24, 2.45) is 0 Å². The van der Waals surface area contributed by atoms with Gasteiger partial charge in [0.15, 0.2) is 0 Å². The van der Waals surface area contributed by atoms with Crippen molar-refractivity contribution in [1.82, 2.24) is 10.2 Å². The van der Waals surface area contributed by atoms with Crippen molar-refractivity contribution >= 4 is 0 Å². The maximum atomic E-state index is 13.1. The molecule has 0 amide bonds. The van der Waals surface area contributed by atoms with Crippen molar-refractivity contribution < 1.29 is 4.39 Å². The van der Waals surface area contributed by atoms with Crippen LogP contribution in [0.1, 0.15) is 11.1 Å². The highest BCUT2D eigenvalue weighted by Crippen LogP contribution is 2.05. The first-order valence-electron chi connectivity index (χ1n) is 6.91. The van der Waals surface area contributed by atoms with Crippen molar-refractivity contribution in [3.05, 3.63) is 71.5 Å². The molecule has 0 aliphatic rings. The lowest BCUT2D eigenvalue weighted by molar-refractivity contribution is 0.323. The summed E-state index contributed by atoms with van der Waals surface area (Å²) in [6.07, 6.45) is 0. The lowest BCUT2D eigenvalue weighted by atomic mass is 10.2. The molecule has 0 radical (unpaired) electrons. The van der Waals surface area contributed by atoms with Crippen LogP contribution in [-0.4, -0.2) is 25.0 Å². The van der Waals surface area contributed by atoms with Gasteiger partial charge in [0.05, 0.1) is 0 Å². The van der Waals surface area contributed by atoms with Crippen LogP contribution in [0, 0.1) is 5.82 Å². The molecule has 0 bridgehead atoms. The van der Waals surface area contributed by atoms with Crippen LogP contribution in [0.3, 0.4) is 0 Å². The molecule has 0 heterocycles. The summed E-state index contributed by atoms with van der Waals surface area (Å²) >= 11 is 0. The molecule has 2 aromatic rings. The van der Waals surface area contributed by atoms with Crippen LogP contribution in [-0.2, 0) is 13.1 Å². The molecule has 0 saturated heterocycles. The molecule has 0 unspecified atom stereocenters. The molecular weight excluding hydrogens is 251 g/mol. The lowest BCUT2D eigenvalue weighted by Crippen LogP contribution is -2.28. The van der Waals surface area contributed by atoms with E-state index in [2.05, 4.69) is 29.4 Å². The van der Waals surface area contributed by atoms with Gasteiger partial charge in [-0.3, -0.25) is 0 Å². The number of nitrogens with one attached hydrogen (secondary N) is 1. The predicted octanol–water partition coefficient (Wildman–Crippen LogP) is 3.05. The zero-order chi connectivity index (χ0) is 14.2. The Morgan fingerprint density at radius 2 is 1.75 bits per heavy atom. The van der Waals surface area contributed by atoms with Gasteiger partial charge in [-0.25, -0.2) is 4.39 Å². The first-order valence-corrected chi connectivity index (χ1v) is 6.91. The highest BCUT2D eigenvalue weighted by molar-refractivity contribution is 5.16. The SMILES string of the molecule is CN(CCNCc1ccccc1)Cc1cccc(F)c1. The summed E-state index contributed by atoms with van der Waals surface area (Å²) in [7, 11) is 2.05. The van der Waals surface area contributed by atoms with Gasteiger partial charge in [0, 0.05) is 26.2 Å². The molecule has 2 aromatic carbocycles. The van der Waals surface area contributed by atoms with Crippen LogP contribution in [0.2, 0.25) is 0 Å². The van der Waals surface area contributed by atoms with E-state index in [0.29, 0.717) is 0 Å². The number of benzene rings is 2. The Hall–Kier alpha value is -1.71. The number of likely N-dealkylation sites (N-methyl/N-ethyl adjacent to an activating group) is 1. The molecule has 0 fully saturated rings. The second kappa shape index (κ2) is 7.78. The lowest BCUT2D eigenvalue weighted by Gasteiger charge is -2.17. The summed E-state index contributed by atoms with van der Waals surface area (Å²) in [5, 5.41) is 3.41. The molecule has 0 saturated carbocycles.